The molecule has 0 spiro atoms. The number of nitrogens with two attached hydrogens (primary N) is 1. The Hall–Kier alpha value is -2.21. The zero-order chi connectivity index (χ0) is 15.4. The van der Waals surface area contributed by atoms with E-state index < -0.39 is 6.04 Å². The molecule has 3 N–H and O–H groups in total. The van der Waals surface area contributed by atoms with Crippen LogP contribution in [0.15, 0.2) is 24.3 Å². The minimum absolute atomic E-state index is 0.201. The number of amides is 3. The summed E-state index contributed by atoms with van der Waals surface area (Å²) < 4.78 is 0. The molecule has 1 aliphatic rings. The molecule has 2 rings (SSSR count). The van der Waals surface area contributed by atoms with Crippen LogP contribution in [-0.2, 0) is 27.3 Å². The molecule has 6 nitrogen and oxygen atoms in total. The van der Waals surface area contributed by atoms with Gasteiger partial charge in [-0.25, -0.2) is 0 Å². The first-order valence-electron chi connectivity index (χ1n) is 6.89. The average Bonchev–Trinajstić information content (AvgIpc) is 2.49. The Morgan fingerprint density at radius 2 is 1.90 bits per heavy atom. The third kappa shape index (κ3) is 3.66. The van der Waals surface area contributed by atoms with Gasteiger partial charge in [-0.05, 0) is 17.5 Å². The highest BCUT2D eigenvalue weighted by atomic mass is 16.2. The van der Waals surface area contributed by atoms with Gasteiger partial charge in [0.05, 0.1) is 6.42 Å². The molecule has 1 aliphatic heterocycles. The minimum Gasteiger partial charge on any atom is -0.344 e. The Morgan fingerprint density at radius 1 is 1.29 bits per heavy atom. The molecule has 3 amide bonds. The lowest BCUT2D eigenvalue weighted by atomic mass is 10.0. The predicted octanol–water partition coefficient (Wildman–Crippen LogP) is -0.0486. The summed E-state index contributed by atoms with van der Waals surface area (Å²) in [6.07, 6.45) is 0.838. The van der Waals surface area contributed by atoms with Gasteiger partial charge in [0.2, 0.25) is 11.8 Å². The summed E-state index contributed by atoms with van der Waals surface area (Å²) in [6, 6.07) is 6.84. The average molecular weight is 289 g/mol. The van der Waals surface area contributed by atoms with Crippen molar-refractivity contribution in [3.8, 4) is 0 Å². The molecule has 1 saturated heterocycles. The van der Waals surface area contributed by atoms with Crippen molar-refractivity contribution in [2.75, 3.05) is 7.05 Å². The van der Waals surface area contributed by atoms with Crippen LogP contribution in [0.25, 0.3) is 0 Å². The van der Waals surface area contributed by atoms with E-state index >= 15 is 0 Å². The van der Waals surface area contributed by atoms with E-state index in [-0.39, 0.29) is 30.6 Å². The maximum absolute atomic E-state index is 12.0. The van der Waals surface area contributed by atoms with Crippen molar-refractivity contribution in [1.82, 2.24) is 10.2 Å². The minimum atomic E-state index is -0.608. The van der Waals surface area contributed by atoms with Gasteiger partial charge in [0.25, 0.3) is 5.91 Å². The second kappa shape index (κ2) is 6.49. The lowest BCUT2D eigenvalue weighted by Crippen LogP contribution is -2.53. The molecule has 1 fully saturated rings. The monoisotopic (exact) mass is 289 g/mol. The third-order valence-electron chi connectivity index (χ3n) is 3.61. The quantitative estimate of drug-likeness (QED) is 0.760. The number of imide groups is 1. The van der Waals surface area contributed by atoms with Crippen LogP contribution >= 0.6 is 0 Å². The first kappa shape index (κ1) is 15.2. The molecule has 0 aliphatic carbocycles. The van der Waals surface area contributed by atoms with Crippen molar-refractivity contribution < 1.29 is 14.4 Å². The first-order chi connectivity index (χ1) is 10.0. The Morgan fingerprint density at radius 3 is 2.52 bits per heavy atom. The lowest BCUT2D eigenvalue weighted by Gasteiger charge is -2.28. The fourth-order valence-corrected chi connectivity index (χ4v) is 2.27. The standard InChI is InChI=1S/C15H19N3O3/c1-18-14(20)7-6-12(15(18)21)17-13(19)8-10-2-4-11(9-16)5-3-10/h2-5,12H,6-9,16H2,1H3,(H,17,19). The molecular weight excluding hydrogens is 270 g/mol. The molecular formula is C15H19N3O3. The van der Waals surface area contributed by atoms with Crippen molar-refractivity contribution in [2.24, 2.45) is 5.73 Å². The van der Waals surface area contributed by atoms with Crippen LogP contribution in [0.1, 0.15) is 24.0 Å². The summed E-state index contributed by atoms with van der Waals surface area (Å²) in [4.78, 5) is 36.3. The summed E-state index contributed by atoms with van der Waals surface area (Å²) >= 11 is 0. The molecule has 1 heterocycles. The van der Waals surface area contributed by atoms with Crippen molar-refractivity contribution in [1.29, 1.82) is 0 Å². The third-order valence-corrected chi connectivity index (χ3v) is 3.61. The van der Waals surface area contributed by atoms with E-state index in [2.05, 4.69) is 5.32 Å². The molecule has 0 radical (unpaired) electrons. The normalized spacial score (nSPS) is 18.8. The van der Waals surface area contributed by atoms with Gasteiger partial charge in [-0.15, -0.1) is 0 Å². The van der Waals surface area contributed by atoms with E-state index in [9.17, 15) is 14.4 Å². The zero-order valence-electron chi connectivity index (χ0n) is 12.0. The number of nitrogens with one attached hydrogen (secondary N) is 1. The van der Waals surface area contributed by atoms with Crippen LogP contribution in [0, 0.1) is 0 Å². The Balaban J connectivity index is 1.92. The Kier molecular flexibility index (Phi) is 4.70. The Labute approximate surface area is 123 Å². The molecule has 0 saturated carbocycles. The zero-order valence-corrected chi connectivity index (χ0v) is 12.0. The van der Waals surface area contributed by atoms with E-state index in [0.29, 0.717) is 13.0 Å². The summed E-state index contributed by atoms with van der Waals surface area (Å²) in [6.45, 7) is 0.462. The molecule has 6 heteroatoms. The number of likely N-dealkylation sites (N-methyl/N-ethyl adjacent to an activating group) is 1. The number of carbonyl (C=O) groups excluding carboxylic acids is 3. The van der Waals surface area contributed by atoms with E-state index in [0.717, 1.165) is 16.0 Å². The molecule has 1 aromatic carbocycles. The van der Waals surface area contributed by atoms with Crippen LogP contribution in [0.2, 0.25) is 0 Å². The van der Waals surface area contributed by atoms with Crippen molar-refractivity contribution in [3.63, 3.8) is 0 Å². The highest BCUT2D eigenvalue weighted by molar-refractivity contribution is 6.01. The van der Waals surface area contributed by atoms with Crippen LogP contribution < -0.4 is 11.1 Å². The smallest absolute Gasteiger partial charge is 0.251 e. The molecule has 112 valence electrons. The highest BCUT2D eigenvalue weighted by Crippen LogP contribution is 2.12. The van der Waals surface area contributed by atoms with Crippen LogP contribution in [-0.4, -0.2) is 35.7 Å². The molecule has 0 aromatic heterocycles. The second-order valence-electron chi connectivity index (χ2n) is 5.15. The summed E-state index contributed by atoms with van der Waals surface area (Å²) in [5.41, 5.74) is 7.38. The largest absolute Gasteiger partial charge is 0.344 e. The van der Waals surface area contributed by atoms with Gasteiger partial charge in [-0.2, -0.15) is 0 Å². The van der Waals surface area contributed by atoms with Gasteiger partial charge in [0.1, 0.15) is 6.04 Å². The van der Waals surface area contributed by atoms with Crippen molar-refractivity contribution in [2.45, 2.75) is 31.8 Å². The van der Waals surface area contributed by atoms with E-state index in [1.165, 1.54) is 7.05 Å². The van der Waals surface area contributed by atoms with Gasteiger partial charge in [0, 0.05) is 20.0 Å². The van der Waals surface area contributed by atoms with E-state index in [4.69, 9.17) is 5.73 Å². The Bertz CT molecular complexity index is 554. The SMILES string of the molecule is CN1C(=O)CCC(NC(=O)Cc2ccc(CN)cc2)C1=O. The predicted molar refractivity (Wildman–Crippen MR) is 77.0 cm³/mol. The van der Waals surface area contributed by atoms with Crippen LogP contribution in [0.4, 0.5) is 0 Å². The number of piperidine rings is 1. The van der Waals surface area contributed by atoms with Crippen molar-refractivity contribution in [3.05, 3.63) is 35.4 Å². The van der Waals surface area contributed by atoms with Gasteiger partial charge in [0.15, 0.2) is 0 Å². The molecule has 1 unspecified atom stereocenters. The number of nitrogens with zero attached hydrogens (tertiary/aromatic N) is 1. The van der Waals surface area contributed by atoms with E-state index in [1.807, 2.05) is 24.3 Å². The van der Waals surface area contributed by atoms with Crippen LogP contribution in [0.3, 0.4) is 0 Å². The highest BCUT2D eigenvalue weighted by Gasteiger charge is 2.32. The summed E-state index contributed by atoms with van der Waals surface area (Å²) in [5, 5.41) is 2.69. The fraction of sp³-hybridized carbons (Fsp3) is 0.400. The number of benzene rings is 1. The fourth-order valence-electron chi connectivity index (χ4n) is 2.27. The number of rotatable bonds is 4. The summed E-state index contributed by atoms with van der Waals surface area (Å²) in [5.74, 6) is -0.780. The number of hydrogen-bond acceptors (Lipinski definition) is 4. The van der Waals surface area contributed by atoms with E-state index in [1.54, 1.807) is 0 Å². The molecule has 1 atom stereocenters. The maximum atomic E-state index is 12.0. The topological polar surface area (TPSA) is 92.5 Å². The lowest BCUT2D eigenvalue weighted by molar-refractivity contribution is -0.149. The first-order valence-corrected chi connectivity index (χ1v) is 6.89. The van der Waals surface area contributed by atoms with Gasteiger partial charge in [-0.3, -0.25) is 19.3 Å². The van der Waals surface area contributed by atoms with Crippen molar-refractivity contribution >= 4 is 17.7 Å². The molecule has 1 aromatic rings. The van der Waals surface area contributed by atoms with Gasteiger partial charge in [-0.1, -0.05) is 24.3 Å². The van der Waals surface area contributed by atoms with Gasteiger partial charge < -0.3 is 11.1 Å². The van der Waals surface area contributed by atoms with Crippen LogP contribution in [0.5, 0.6) is 0 Å². The number of likely N-dealkylation sites (tertiary alicyclic amines) is 1. The number of hydrogen-bond donors (Lipinski definition) is 2. The molecule has 21 heavy (non-hydrogen) atoms. The number of carbonyl (C=O) groups is 3. The van der Waals surface area contributed by atoms with Gasteiger partial charge >= 0.3 is 0 Å². The summed E-state index contributed by atoms with van der Waals surface area (Å²) in [7, 11) is 1.44. The maximum Gasteiger partial charge on any atom is 0.251 e. The molecule has 0 bridgehead atoms. The second-order valence-corrected chi connectivity index (χ2v) is 5.15.